The van der Waals surface area contributed by atoms with Crippen LogP contribution in [-0.4, -0.2) is 29.5 Å². The summed E-state index contributed by atoms with van der Waals surface area (Å²) in [6, 6.07) is 0. The van der Waals surface area contributed by atoms with E-state index in [1.54, 1.807) is 6.08 Å². The van der Waals surface area contributed by atoms with E-state index in [9.17, 15) is 9.59 Å². The zero-order chi connectivity index (χ0) is 15.1. The van der Waals surface area contributed by atoms with E-state index < -0.39 is 23.7 Å². The van der Waals surface area contributed by atoms with Crippen molar-refractivity contribution >= 4 is 25.0 Å². The number of esters is 1. The number of unbranched alkanes of at least 4 members (excludes halogenated alkanes) is 2. The first-order chi connectivity index (χ1) is 8.68. The Kier molecular flexibility index (Phi) is 7.64. The molecule has 0 radical (unpaired) electrons. The van der Waals surface area contributed by atoms with Crippen molar-refractivity contribution in [2.45, 2.75) is 67.7 Å². The number of hydrogen-bond acceptors (Lipinski definition) is 3. The molecule has 0 rings (SSSR count). The second-order valence-electron chi connectivity index (χ2n) is 6.15. The molecule has 4 heteroatoms. The van der Waals surface area contributed by atoms with Crippen LogP contribution in [0.1, 0.15) is 46.0 Å². The maximum absolute atomic E-state index is 11.8. The number of carbonyl (C=O) groups excluding carboxylic acids is 2. The van der Waals surface area contributed by atoms with Gasteiger partial charge in [0.05, 0.1) is 0 Å². The monoisotopic (exact) mass is 330 g/mol. The van der Waals surface area contributed by atoms with Crippen LogP contribution in [0.3, 0.4) is 0 Å². The predicted octanol–water partition coefficient (Wildman–Crippen LogP) is 3.89. The first-order valence-corrected chi connectivity index (χ1v) is 14.4. The zero-order valence-corrected chi connectivity index (χ0v) is 15.1. The van der Waals surface area contributed by atoms with Crippen molar-refractivity contribution < 1.29 is 14.3 Å². The Bertz CT molecular complexity index is 331. The Hall–Kier alpha value is -0.577. The van der Waals surface area contributed by atoms with Crippen LogP contribution in [0.5, 0.6) is 0 Å². The van der Waals surface area contributed by atoms with Crippen molar-refractivity contribution in [1.82, 2.24) is 0 Å². The van der Waals surface area contributed by atoms with Gasteiger partial charge in [0, 0.05) is 0 Å². The molecule has 0 fully saturated rings. The molecule has 0 aromatic rings. The van der Waals surface area contributed by atoms with Crippen LogP contribution >= 0.6 is 0 Å². The van der Waals surface area contributed by atoms with Crippen molar-refractivity contribution in [3.05, 3.63) is 12.7 Å². The van der Waals surface area contributed by atoms with E-state index in [-0.39, 0.29) is 12.2 Å². The summed E-state index contributed by atoms with van der Waals surface area (Å²) in [6.07, 6.45) is 5.78. The van der Waals surface area contributed by atoms with Crippen LogP contribution in [0.2, 0.25) is 17.3 Å². The minimum absolute atomic E-state index is 0.137. The summed E-state index contributed by atoms with van der Waals surface area (Å²) in [4.78, 5) is 22.9. The molecule has 0 spiro atoms. The summed E-state index contributed by atoms with van der Waals surface area (Å²) < 4.78 is 5.20. The van der Waals surface area contributed by atoms with Crippen LogP contribution in [0.4, 0.5) is 0 Å². The summed E-state index contributed by atoms with van der Waals surface area (Å²) >= 11 is -2.31. The Morgan fingerprint density at radius 1 is 1.26 bits per heavy atom. The summed E-state index contributed by atoms with van der Waals surface area (Å²) in [6.45, 7) is 7.45. The zero-order valence-electron chi connectivity index (χ0n) is 13.0. The fourth-order valence-corrected chi connectivity index (χ4v) is 6.22. The molecule has 0 saturated heterocycles. The third-order valence-corrected chi connectivity index (χ3v) is 9.93. The average Bonchev–Trinajstić information content (AvgIpc) is 2.25. The third-order valence-electron chi connectivity index (χ3n) is 3.44. The molecule has 0 aromatic heterocycles. The van der Waals surface area contributed by atoms with Gasteiger partial charge in [-0.05, 0) is 0 Å². The Morgan fingerprint density at radius 2 is 1.84 bits per heavy atom. The normalized spacial score (nSPS) is 14.6. The van der Waals surface area contributed by atoms with Gasteiger partial charge in [-0.25, -0.2) is 0 Å². The van der Waals surface area contributed by atoms with Gasteiger partial charge in [-0.3, -0.25) is 0 Å². The molecule has 0 heterocycles. The van der Waals surface area contributed by atoms with Gasteiger partial charge in [0.1, 0.15) is 0 Å². The molecule has 0 aliphatic rings. The number of carbonyl (C=O) groups is 2. The summed E-state index contributed by atoms with van der Waals surface area (Å²) in [7, 11) is 0. The van der Waals surface area contributed by atoms with Gasteiger partial charge in [-0.2, -0.15) is 0 Å². The van der Waals surface area contributed by atoms with Crippen LogP contribution in [0.15, 0.2) is 12.7 Å². The molecule has 1 atom stereocenters. The molecule has 110 valence electrons. The summed E-state index contributed by atoms with van der Waals surface area (Å²) in [5.41, 5.74) is 0. The van der Waals surface area contributed by atoms with Crippen LogP contribution in [0, 0.1) is 0 Å². The Labute approximate surface area is 120 Å². The standard InChI is InChI=1S/C15H28GeO3/c1-7-9-10-11-15(8-2,16(4,5)6)19-14(18)12-13(3)17/h8H,2,7,9-12H2,1,3-6H3. The second kappa shape index (κ2) is 7.88. The van der Waals surface area contributed by atoms with E-state index in [4.69, 9.17) is 4.74 Å². The van der Waals surface area contributed by atoms with E-state index in [0.29, 0.717) is 0 Å². The van der Waals surface area contributed by atoms with E-state index in [2.05, 4.69) is 30.8 Å². The van der Waals surface area contributed by atoms with Gasteiger partial charge in [0.2, 0.25) is 0 Å². The van der Waals surface area contributed by atoms with Gasteiger partial charge >= 0.3 is 120 Å². The fourth-order valence-electron chi connectivity index (χ4n) is 2.11. The van der Waals surface area contributed by atoms with E-state index in [1.807, 2.05) is 0 Å². The minimum atomic E-state index is -2.31. The van der Waals surface area contributed by atoms with Gasteiger partial charge in [-0.1, -0.05) is 0 Å². The van der Waals surface area contributed by atoms with E-state index >= 15 is 0 Å². The molecule has 0 amide bonds. The number of ketones is 1. The molecule has 0 aromatic carbocycles. The summed E-state index contributed by atoms with van der Waals surface area (Å²) in [5, 5.41) is 0. The Morgan fingerprint density at radius 3 is 2.21 bits per heavy atom. The first kappa shape index (κ1) is 18.4. The topological polar surface area (TPSA) is 43.4 Å². The molecule has 0 N–H and O–H groups in total. The Balaban J connectivity index is 4.97. The van der Waals surface area contributed by atoms with Gasteiger partial charge < -0.3 is 0 Å². The van der Waals surface area contributed by atoms with Crippen LogP contribution in [0.25, 0.3) is 0 Å². The molecular weight excluding hydrogens is 301 g/mol. The molecule has 0 aliphatic carbocycles. The van der Waals surface area contributed by atoms with E-state index in [1.165, 1.54) is 6.92 Å². The quantitative estimate of drug-likeness (QED) is 0.212. The molecule has 3 nitrogen and oxygen atoms in total. The SMILES string of the molecule is C=C[C](CCCCC)(OC(=O)CC(C)=O)[Ge]([CH3])([CH3])[CH3]. The first-order valence-electron chi connectivity index (χ1n) is 7.03. The molecule has 1 unspecified atom stereocenters. The molecular formula is C15H28GeO3. The van der Waals surface area contributed by atoms with Gasteiger partial charge in [-0.15, -0.1) is 0 Å². The summed E-state index contributed by atoms with van der Waals surface area (Å²) in [5.74, 6) is 6.08. The maximum atomic E-state index is 11.8. The van der Waals surface area contributed by atoms with Crippen LogP contribution < -0.4 is 0 Å². The number of Topliss-reactive ketones (excluding diaryl/α,β-unsaturated/α-hetero) is 1. The van der Waals surface area contributed by atoms with Gasteiger partial charge in [0.15, 0.2) is 0 Å². The number of ether oxygens (including phenoxy) is 1. The van der Waals surface area contributed by atoms with Crippen molar-refractivity contribution in [2.75, 3.05) is 0 Å². The average molecular weight is 329 g/mol. The number of rotatable bonds is 9. The molecule has 0 bridgehead atoms. The fraction of sp³-hybridized carbons (Fsp3) is 0.733. The van der Waals surface area contributed by atoms with Crippen molar-refractivity contribution in [3.8, 4) is 0 Å². The van der Waals surface area contributed by atoms with Crippen LogP contribution in [-0.2, 0) is 14.3 Å². The van der Waals surface area contributed by atoms with Crippen molar-refractivity contribution in [2.24, 2.45) is 0 Å². The van der Waals surface area contributed by atoms with Gasteiger partial charge in [0.25, 0.3) is 0 Å². The molecule has 19 heavy (non-hydrogen) atoms. The molecule has 0 aliphatic heterocycles. The third kappa shape index (κ3) is 5.94. The molecule has 0 saturated carbocycles. The van der Waals surface area contributed by atoms with Crippen molar-refractivity contribution in [1.29, 1.82) is 0 Å². The predicted molar refractivity (Wildman–Crippen MR) is 81.8 cm³/mol. The van der Waals surface area contributed by atoms with Crippen molar-refractivity contribution in [3.63, 3.8) is 0 Å². The second-order valence-corrected chi connectivity index (χ2v) is 17.4. The number of hydrogen-bond donors (Lipinski definition) is 0. The van der Waals surface area contributed by atoms with E-state index in [0.717, 1.165) is 25.7 Å².